The molecule has 1 rings (SSSR count). The van der Waals surface area contributed by atoms with Gasteiger partial charge in [0.25, 0.3) is 0 Å². The van der Waals surface area contributed by atoms with E-state index >= 15 is 0 Å². The fourth-order valence-corrected chi connectivity index (χ4v) is 2.39. The van der Waals surface area contributed by atoms with Gasteiger partial charge in [0.1, 0.15) is 12.4 Å². The summed E-state index contributed by atoms with van der Waals surface area (Å²) >= 11 is 0. The minimum absolute atomic E-state index is 0.00953. The molecule has 0 amide bonds. The Morgan fingerprint density at radius 2 is 1.32 bits per heavy atom. The number of Topliss-reactive ketones (excluding diaryl/α,β-unsaturated/α-hetero) is 1. The van der Waals surface area contributed by atoms with Crippen molar-refractivity contribution in [1.29, 1.82) is 0 Å². The highest BCUT2D eigenvalue weighted by molar-refractivity contribution is 5.96. The Morgan fingerprint density at radius 1 is 0.786 bits per heavy atom. The summed E-state index contributed by atoms with van der Waals surface area (Å²) in [7, 11) is 1.68. The van der Waals surface area contributed by atoms with Gasteiger partial charge in [0.2, 0.25) is 0 Å². The third kappa shape index (κ3) is 12.8. The van der Waals surface area contributed by atoms with Gasteiger partial charge >= 0.3 is 0 Å². The number of benzene rings is 1. The van der Waals surface area contributed by atoms with Crippen molar-refractivity contribution in [2.45, 2.75) is 33.6 Å². The molecular weight excluding hydrogens is 360 g/mol. The molecule has 0 saturated carbocycles. The van der Waals surface area contributed by atoms with Crippen molar-refractivity contribution in [1.82, 2.24) is 0 Å². The van der Waals surface area contributed by atoms with Crippen LogP contribution < -0.4 is 4.74 Å². The topological polar surface area (TPSA) is 63.2 Å². The minimum atomic E-state index is -0.00953. The normalized spacial score (nSPS) is 11.6. The van der Waals surface area contributed by atoms with Gasteiger partial charge in [0.05, 0.1) is 33.0 Å². The van der Waals surface area contributed by atoms with Crippen molar-refractivity contribution in [2.75, 3.05) is 60.0 Å². The fraction of sp³-hybridized carbons (Fsp3) is 0.682. The van der Waals surface area contributed by atoms with Gasteiger partial charge in [-0.2, -0.15) is 0 Å². The van der Waals surface area contributed by atoms with Crippen LogP contribution in [0.3, 0.4) is 0 Å². The van der Waals surface area contributed by atoms with E-state index in [1.807, 2.05) is 24.3 Å². The van der Waals surface area contributed by atoms with Crippen molar-refractivity contribution in [3.05, 3.63) is 29.8 Å². The summed E-state index contributed by atoms with van der Waals surface area (Å²) in [5, 5.41) is 0. The van der Waals surface area contributed by atoms with Gasteiger partial charge in [0, 0.05) is 32.3 Å². The van der Waals surface area contributed by atoms with E-state index in [-0.39, 0.29) is 11.2 Å². The van der Waals surface area contributed by atoms with Crippen LogP contribution in [0, 0.1) is 5.41 Å². The van der Waals surface area contributed by atoms with Crippen LogP contribution >= 0.6 is 0 Å². The molecular formula is C22H36O6. The molecule has 160 valence electrons. The molecule has 0 N–H and O–H groups in total. The predicted molar refractivity (Wildman–Crippen MR) is 109 cm³/mol. The van der Waals surface area contributed by atoms with E-state index in [4.69, 9.17) is 23.7 Å². The number of ketones is 1. The monoisotopic (exact) mass is 396 g/mol. The number of carbonyl (C=O) groups is 1. The summed E-state index contributed by atoms with van der Waals surface area (Å²) in [6, 6.07) is 7.28. The van der Waals surface area contributed by atoms with Crippen molar-refractivity contribution < 1.29 is 28.5 Å². The number of methoxy groups -OCH3 is 1. The van der Waals surface area contributed by atoms with Crippen LogP contribution in [0.4, 0.5) is 0 Å². The number of carbonyl (C=O) groups excluding carboxylic acids is 1. The Hall–Kier alpha value is -1.47. The van der Waals surface area contributed by atoms with Crippen LogP contribution in [0.15, 0.2) is 24.3 Å². The molecule has 0 fully saturated rings. The number of rotatable bonds is 16. The molecule has 1 aromatic rings. The average Bonchev–Trinajstić information content (AvgIpc) is 2.64. The lowest BCUT2D eigenvalue weighted by Gasteiger charge is -2.16. The minimum Gasteiger partial charge on any atom is -0.491 e. The van der Waals surface area contributed by atoms with E-state index < -0.39 is 0 Å². The van der Waals surface area contributed by atoms with Crippen LogP contribution in [-0.4, -0.2) is 65.7 Å². The second-order valence-electron chi connectivity index (χ2n) is 7.72. The van der Waals surface area contributed by atoms with Gasteiger partial charge in [-0.3, -0.25) is 4.79 Å². The number of hydrogen-bond donors (Lipinski definition) is 0. The molecule has 0 aliphatic rings. The summed E-state index contributed by atoms with van der Waals surface area (Å²) in [4.78, 5) is 12.2. The molecule has 0 aromatic heterocycles. The Bertz CT molecular complexity index is 521. The Morgan fingerprint density at radius 3 is 1.86 bits per heavy atom. The Balaban J connectivity index is 2.01. The quantitative estimate of drug-likeness (QED) is 0.313. The zero-order valence-corrected chi connectivity index (χ0v) is 17.8. The lowest BCUT2D eigenvalue weighted by Crippen LogP contribution is -2.13. The first kappa shape index (κ1) is 24.6. The summed E-state index contributed by atoms with van der Waals surface area (Å²) in [6.07, 6.45) is 1.43. The molecule has 0 heterocycles. The van der Waals surface area contributed by atoms with Gasteiger partial charge in [0.15, 0.2) is 5.78 Å². The molecule has 0 unspecified atom stereocenters. The SMILES string of the molecule is COCCCOCCOCCOCCOc1ccc(C(=O)CC(C)(C)C)cc1. The molecule has 6 nitrogen and oxygen atoms in total. The van der Waals surface area contributed by atoms with Crippen LogP contribution in [0.5, 0.6) is 5.75 Å². The molecule has 1 aromatic carbocycles. The maximum atomic E-state index is 12.2. The van der Waals surface area contributed by atoms with E-state index in [2.05, 4.69) is 20.8 Å². The van der Waals surface area contributed by atoms with Gasteiger partial charge in [-0.25, -0.2) is 0 Å². The number of ether oxygens (including phenoxy) is 5. The smallest absolute Gasteiger partial charge is 0.163 e. The second kappa shape index (κ2) is 14.5. The molecule has 6 heteroatoms. The van der Waals surface area contributed by atoms with E-state index in [1.165, 1.54) is 0 Å². The van der Waals surface area contributed by atoms with Crippen molar-refractivity contribution in [2.24, 2.45) is 5.41 Å². The zero-order chi connectivity index (χ0) is 20.7. The Labute approximate surface area is 169 Å². The molecule has 0 atom stereocenters. The van der Waals surface area contributed by atoms with Crippen molar-refractivity contribution in [3.8, 4) is 5.75 Å². The molecule has 0 radical (unpaired) electrons. The van der Waals surface area contributed by atoms with Gasteiger partial charge in [-0.1, -0.05) is 20.8 Å². The zero-order valence-electron chi connectivity index (χ0n) is 17.8. The largest absolute Gasteiger partial charge is 0.491 e. The standard InChI is InChI=1S/C22H36O6/c1-22(2,3)18-21(23)19-6-8-20(9-7-19)28-17-16-27-15-14-26-13-12-25-11-5-10-24-4/h6-9H,5,10-18H2,1-4H3. The van der Waals surface area contributed by atoms with Gasteiger partial charge in [-0.15, -0.1) is 0 Å². The average molecular weight is 397 g/mol. The molecule has 0 bridgehead atoms. The van der Waals surface area contributed by atoms with E-state index in [1.54, 1.807) is 7.11 Å². The summed E-state index contributed by atoms with van der Waals surface area (Å²) in [6.45, 7) is 10.7. The van der Waals surface area contributed by atoms with E-state index in [0.717, 1.165) is 24.3 Å². The maximum Gasteiger partial charge on any atom is 0.163 e. The van der Waals surface area contributed by atoms with E-state index in [0.29, 0.717) is 52.7 Å². The van der Waals surface area contributed by atoms with Crippen LogP contribution in [-0.2, 0) is 18.9 Å². The highest BCUT2D eigenvalue weighted by Crippen LogP contribution is 2.22. The molecule has 0 saturated heterocycles. The van der Waals surface area contributed by atoms with Crippen LogP contribution in [0.1, 0.15) is 44.0 Å². The van der Waals surface area contributed by atoms with E-state index in [9.17, 15) is 4.79 Å². The van der Waals surface area contributed by atoms with Crippen LogP contribution in [0.2, 0.25) is 0 Å². The molecule has 0 aliphatic carbocycles. The summed E-state index contributed by atoms with van der Waals surface area (Å²) in [5.41, 5.74) is 0.711. The van der Waals surface area contributed by atoms with Crippen LogP contribution in [0.25, 0.3) is 0 Å². The first-order valence-corrected chi connectivity index (χ1v) is 9.90. The highest BCUT2D eigenvalue weighted by Gasteiger charge is 2.17. The third-order valence-electron chi connectivity index (χ3n) is 3.74. The predicted octanol–water partition coefficient (Wildman–Crippen LogP) is 3.77. The third-order valence-corrected chi connectivity index (χ3v) is 3.74. The molecule has 28 heavy (non-hydrogen) atoms. The summed E-state index contributed by atoms with van der Waals surface area (Å²) in [5.74, 6) is 0.889. The maximum absolute atomic E-state index is 12.2. The Kier molecular flexibility index (Phi) is 12.7. The number of hydrogen-bond acceptors (Lipinski definition) is 6. The summed E-state index contributed by atoms with van der Waals surface area (Å²) < 4.78 is 26.8. The van der Waals surface area contributed by atoms with Gasteiger partial charge < -0.3 is 23.7 Å². The molecule has 0 spiro atoms. The highest BCUT2D eigenvalue weighted by atomic mass is 16.6. The fourth-order valence-electron chi connectivity index (χ4n) is 2.39. The van der Waals surface area contributed by atoms with Crippen molar-refractivity contribution >= 4 is 5.78 Å². The first-order chi connectivity index (χ1) is 13.4. The lowest BCUT2D eigenvalue weighted by molar-refractivity contribution is 0.00668. The first-order valence-electron chi connectivity index (χ1n) is 9.90. The second-order valence-corrected chi connectivity index (χ2v) is 7.72. The van der Waals surface area contributed by atoms with Gasteiger partial charge in [-0.05, 0) is 36.1 Å². The lowest BCUT2D eigenvalue weighted by atomic mass is 9.88. The molecule has 0 aliphatic heterocycles. The van der Waals surface area contributed by atoms with Crippen molar-refractivity contribution in [3.63, 3.8) is 0 Å².